The maximum absolute atomic E-state index is 13.5. The Bertz CT molecular complexity index is 1040. The van der Waals surface area contributed by atoms with Crippen molar-refractivity contribution in [3.63, 3.8) is 0 Å². The number of anilines is 1. The Morgan fingerprint density at radius 1 is 0.818 bits per heavy atom. The first kappa shape index (κ1) is 22.7. The molecule has 7 nitrogen and oxygen atoms in total. The van der Waals surface area contributed by atoms with E-state index < -0.39 is 0 Å². The van der Waals surface area contributed by atoms with Crippen LogP contribution >= 0.6 is 0 Å². The van der Waals surface area contributed by atoms with Crippen molar-refractivity contribution >= 4 is 23.1 Å². The second kappa shape index (κ2) is 9.98. The summed E-state index contributed by atoms with van der Waals surface area (Å²) in [5, 5.41) is 0. The van der Waals surface area contributed by atoms with E-state index in [1.807, 2.05) is 24.3 Å². The highest BCUT2D eigenvalue weighted by atomic mass is 16.5. The zero-order valence-corrected chi connectivity index (χ0v) is 19.5. The molecule has 0 bridgehead atoms. The van der Waals surface area contributed by atoms with Crippen LogP contribution in [0.15, 0.2) is 54.2 Å². The average Bonchev–Trinajstić information content (AvgIpc) is 3.12. The van der Waals surface area contributed by atoms with Gasteiger partial charge in [0.15, 0.2) is 11.5 Å². The molecule has 0 N–H and O–H groups in total. The Kier molecular flexibility index (Phi) is 6.87. The van der Waals surface area contributed by atoms with Gasteiger partial charge in [0.05, 0.1) is 19.8 Å². The SMILES string of the molecule is CCCCN1C(=O)C(c2ccc(OC)c(OC)c2)=C(N2CCN(c3ccccc3)CC2)C1=O. The van der Waals surface area contributed by atoms with Crippen LogP contribution in [0, 0.1) is 0 Å². The summed E-state index contributed by atoms with van der Waals surface area (Å²) in [5.74, 6) is 0.676. The van der Waals surface area contributed by atoms with E-state index in [4.69, 9.17) is 9.47 Å². The number of methoxy groups -OCH3 is 2. The molecule has 174 valence electrons. The zero-order valence-electron chi connectivity index (χ0n) is 19.5. The third-order valence-corrected chi connectivity index (χ3v) is 6.27. The molecule has 2 amide bonds. The quantitative estimate of drug-likeness (QED) is 0.576. The molecule has 1 saturated heterocycles. The topological polar surface area (TPSA) is 62.3 Å². The summed E-state index contributed by atoms with van der Waals surface area (Å²) in [6.07, 6.45) is 1.69. The first-order valence-electron chi connectivity index (χ1n) is 11.5. The standard InChI is InChI=1S/C26H31N3O4/c1-4-5-13-29-25(30)23(19-11-12-21(32-2)22(18-19)33-3)24(26(29)31)28-16-14-27(15-17-28)20-9-7-6-8-10-20/h6-12,18H,4-5,13-17H2,1-3H3. The van der Waals surface area contributed by atoms with Crippen LogP contribution in [0.5, 0.6) is 11.5 Å². The molecule has 2 aromatic rings. The second-order valence-corrected chi connectivity index (χ2v) is 8.22. The third-order valence-electron chi connectivity index (χ3n) is 6.27. The maximum atomic E-state index is 13.5. The van der Waals surface area contributed by atoms with Gasteiger partial charge in [-0.05, 0) is 36.2 Å². The van der Waals surface area contributed by atoms with E-state index in [9.17, 15) is 9.59 Å². The minimum absolute atomic E-state index is 0.202. The number of carbonyl (C=O) groups excluding carboxylic acids is 2. The van der Waals surface area contributed by atoms with E-state index in [0.29, 0.717) is 48.0 Å². The minimum atomic E-state index is -0.235. The number of unbranched alkanes of at least 4 members (excludes halogenated alkanes) is 1. The van der Waals surface area contributed by atoms with Gasteiger partial charge < -0.3 is 19.3 Å². The summed E-state index contributed by atoms with van der Waals surface area (Å²) in [4.78, 5) is 32.7. The molecule has 0 spiro atoms. The van der Waals surface area contributed by atoms with Crippen molar-refractivity contribution in [2.24, 2.45) is 0 Å². The monoisotopic (exact) mass is 449 g/mol. The number of amides is 2. The molecule has 0 unspecified atom stereocenters. The average molecular weight is 450 g/mol. The van der Waals surface area contributed by atoms with E-state index >= 15 is 0 Å². The van der Waals surface area contributed by atoms with Crippen molar-refractivity contribution in [2.75, 3.05) is 51.8 Å². The predicted octanol–water partition coefficient (Wildman–Crippen LogP) is 3.41. The van der Waals surface area contributed by atoms with Crippen LogP contribution in [-0.4, -0.2) is 68.6 Å². The molecule has 1 fully saturated rings. The summed E-state index contributed by atoms with van der Waals surface area (Å²) >= 11 is 0. The number of piperazine rings is 1. The molecule has 2 aliphatic rings. The number of hydrogen-bond acceptors (Lipinski definition) is 6. The van der Waals surface area contributed by atoms with E-state index in [0.717, 1.165) is 25.9 Å². The first-order chi connectivity index (χ1) is 16.1. The van der Waals surface area contributed by atoms with Crippen molar-refractivity contribution in [3.05, 3.63) is 59.8 Å². The van der Waals surface area contributed by atoms with Crippen molar-refractivity contribution in [3.8, 4) is 11.5 Å². The molecule has 0 atom stereocenters. The Hall–Kier alpha value is -3.48. The van der Waals surface area contributed by atoms with Crippen LogP contribution in [-0.2, 0) is 9.59 Å². The fraction of sp³-hybridized carbons (Fsp3) is 0.385. The number of imide groups is 1. The number of nitrogens with zero attached hydrogens (tertiary/aromatic N) is 3. The lowest BCUT2D eigenvalue weighted by Gasteiger charge is -2.37. The van der Waals surface area contributed by atoms with Crippen LogP contribution in [0.3, 0.4) is 0 Å². The lowest BCUT2D eigenvalue weighted by atomic mass is 10.0. The molecule has 0 aromatic heterocycles. The molecule has 2 aliphatic heterocycles. The number of rotatable bonds is 8. The van der Waals surface area contributed by atoms with E-state index in [2.05, 4.69) is 28.9 Å². The largest absolute Gasteiger partial charge is 0.493 e. The van der Waals surface area contributed by atoms with Gasteiger partial charge in [-0.1, -0.05) is 37.6 Å². The fourth-order valence-corrected chi connectivity index (χ4v) is 4.45. The molecule has 0 aliphatic carbocycles. The Morgan fingerprint density at radius 2 is 1.48 bits per heavy atom. The normalized spacial score (nSPS) is 16.6. The lowest BCUT2D eigenvalue weighted by Crippen LogP contribution is -2.47. The number of ether oxygens (including phenoxy) is 2. The van der Waals surface area contributed by atoms with Crippen molar-refractivity contribution in [1.29, 1.82) is 0 Å². The van der Waals surface area contributed by atoms with Gasteiger partial charge in [0.2, 0.25) is 0 Å². The highest BCUT2D eigenvalue weighted by Crippen LogP contribution is 2.37. The summed E-state index contributed by atoms with van der Waals surface area (Å²) in [5.41, 5.74) is 2.79. The van der Waals surface area contributed by atoms with Gasteiger partial charge in [0, 0.05) is 38.4 Å². The Morgan fingerprint density at radius 3 is 2.12 bits per heavy atom. The number of para-hydroxylation sites is 1. The summed E-state index contributed by atoms with van der Waals surface area (Å²) in [7, 11) is 3.14. The molecule has 2 heterocycles. The predicted molar refractivity (Wildman–Crippen MR) is 128 cm³/mol. The van der Waals surface area contributed by atoms with Gasteiger partial charge in [-0.3, -0.25) is 14.5 Å². The van der Waals surface area contributed by atoms with Crippen molar-refractivity contribution < 1.29 is 19.1 Å². The minimum Gasteiger partial charge on any atom is -0.493 e. The Labute approximate surface area is 195 Å². The summed E-state index contributed by atoms with van der Waals surface area (Å²) < 4.78 is 10.8. The maximum Gasteiger partial charge on any atom is 0.277 e. The van der Waals surface area contributed by atoms with Crippen LogP contribution in [0.1, 0.15) is 25.3 Å². The lowest BCUT2D eigenvalue weighted by molar-refractivity contribution is -0.137. The van der Waals surface area contributed by atoms with E-state index in [1.54, 1.807) is 26.4 Å². The summed E-state index contributed by atoms with van der Waals surface area (Å²) in [6.45, 7) is 5.38. The van der Waals surface area contributed by atoms with Gasteiger partial charge in [0.1, 0.15) is 5.70 Å². The third kappa shape index (κ3) is 4.40. The van der Waals surface area contributed by atoms with Crippen LogP contribution < -0.4 is 14.4 Å². The molecule has 7 heteroatoms. The smallest absolute Gasteiger partial charge is 0.277 e. The number of carbonyl (C=O) groups is 2. The van der Waals surface area contributed by atoms with E-state index in [1.165, 1.54) is 10.6 Å². The zero-order chi connectivity index (χ0) is 23.4. The van der Waals surface area contributed by atoms with Gasteiger partial charge in [-0.25, -0.2) is 0 Å². The fourth-order valence-electron chi connectivity index (χ4n) is 4.45. The molecule has 2 aromatic carbocycles. The first-order valence-corrected chi connectivity index (χ1v) is 11.5. The molecule has 4 rings (SSSR count). The number of hydrogen-bond donors (Lipinski definition) is 0. The van der Waals surface area contributed by atoms with Crippen molar-refractivity contribution in [2.45, 2.75) is 19.8 Å². The Balaban J connectivity index is 1.67. The molecule has 0 radical (unpaired) electrons. The van der Waals surface area contributed by atoms with Crippen LogP contribution in [0.25, 0.3) is 5.57 Å². The highest BCUT2D eigenvalue weighted by Gasteiger charge is 2.42. The highest BCUT2D eigenvalue weighted by molar-refractivity contribution is 6.35. The van der Waals surface area contributed by atoms with Gasteiger partial charge in [-0.15, -0.1) is 0 Å². The van der Waals surface area contributed by atoms with Crippen LogP contribution in [0.4, 0.5) is 5.69 Å². The van der Waals surface area contributed by atoms with E-state index in [-0.39, 0.29) is 11.8 Å². The second-order valence-electron chi connectivity index (χ2n) is 8.22. The molecular formula is C26H31N3O4. The van der Waals surface area contributed by atoms with Crippen LogP contribution in [0.2, 0.25) is 0 Å². The molecule has 33 heavy (non-hydrogen) atoms. The molecule has 0 saturated carbocycles. The number of benzene rings is 2. The van der Waals surface area contributed by atoms with Gasteiger partial charge in [0.25, 0.3) is 11.8 Å². The van der Waals surface area contributed by atoms with Crippen molar-refractivity contribution in [1.82, 2.24) is 9.80 Å². The summed E-state index contributed by atoms with van der Waals surface area (Å²) in [6, 6.07) is 15.6. The van der Waals surface area contributed by atoms with Gasteiger partial charge >= 0.3 is 0 Å². The molecular weight excluding hydrogens is 418 g/mol. The van der Waals surface area contributed by atoms with Gasteiger partial charge in [-0.2, -0.15) is 0 Å².